The Labute approximate surface area is 211 Å². The standard InChI is InChI=1S/C25H31ClFN3O4S/c26-23-5-2-6-24(27)22(23)18-35(32,33)30-9-7-21(8-10-30)25(31)28-16-19-3-1-4-20(15-19)17-29-11-13-34-14-12-29/h1-6,15,21H,7-14,16-18H2,(H,28,31). The molecule has 2 fully saturated rings. The van der Waals surface area contributed by atoms with Gasteiger partial charge in [-0.15, -0.1) is 0 Å². The fraction of sp³-hybridized carbons (Fsp3) is 0.480. The van der Waals surface area contributed by atoms with E-state index in [1.54, 1.807) is 0 Å². The molecule has 2 saturated heterocycles. The third kappa shape index (κ3) is 7.01. The van der Waals surface area contributed by atoms with Crippen molar-refractivity contribution < 1.29 is 22.3 Å². The number of amides is 1. The zero-order chi connectivity index (χ0) is 24.8. The Morgan fingerprint density at radius 1 is 1.06 bits per heavy atom. The molecule has 35 heavy (non-hydrogen) atoms. The molecule has 0 atom stereocenters. The highest BCUT2D eigenvalue weighted by atomic mass is 35.5. The largest absolute Gasteiger partial charge is 0.379 e. The molecule has 2 aromatic rings. The first-order valence-corrected chi connectivity index (χ1v) is 13.9. The average Bonchev–Trinajstić information content (AvgIpc) is 2.86. The number of nitrogens with one attached hydrogen (secondary N) is 1. The molecular formula is C25H31ClFN3O4S. The summed E-state index contributed by atoms with van der Waals surface area (Å²) in [5, 5.41) is 3.09. The first kappa shape index (κ1) is 26.0. The van der Waals surface area contributed by atoms with Crippen molar-refractivity contribution in [2.24, 2.45) is 5.92 Å². The number of morpholine rings is 1. The third-order valence-corrected chi connectivity index (χ3v) is 8.73. The van der Waals surface area contributed by atoms with E-state index < -0.39 is 21.6 Å². The number of halogens is 2. The molecular weight excluding hydrogens is 493 g/mol. The van der Waals surface area contributed by atoms with Crippen molar-refractivity contribution in [3.05, 3.63) is 70.0 Å². The first-order chi connectivity index (χ1) is 16.8. The maximum absolute atomic E-state index is 14.1. The van der Waals surface area contributed by atoms with Gasteiger partial charge in [0.25, 0.3) is 0 Å². The third-order valence-electron chi connectivity index (χ3n) is 6.57. The van der Waals surface area contributed by atoms with E-state index in [0.29, 0.717) is 19.4 Å². The fourth-order valence-corrected chi connectivity index (χ4v) is 6.45. The average molecular weight is 524 g/mol. The van der Waals surface area contributed by atoms with Crippen LogP contribution in [0.1, 0.15) is 29.5 Å². The van der Waals surface area contributed by atoms with Crippen LogP contribution in [0.3, 0.4) is 0 Å². The molecule has 2 heterocycles. The zero-order valence-corrected chi connectivity index (χ0v) is 21.2. The number of hydrogen-bond donors (Lipinski definition) is 1. The van der Waals surface area contributed by atoms with Crippen molar-refractivity contribution in [3.63, 3.8) is 0 Å². The van der Waals surface area contributed by atoms with Crippen molar-refractivity contribution >= 4 is 27.5 Å². The molecule has 0 spiro atoms. The summed E-state index contributed by atoms with van der Waals surface area (Å²) in [7, 11) is -3.74. The van der Waals surface area contributed by atoms with Crippen LogP contribution in [0.2, 0.25) is 5.02 Å². The molecule has 7 nitrogen and oxygen atoms in total. The lowest BCUT2D eigenvalue weighted by molar-refractivity contribution is -0.126. The Hall–Kier alpha value is -2.04. The van der Waals surface area contributed by atoms with Gasteiger partial charge >= 0.3 is 0 Å². The fourth-order valence-electron chi connectivity index (χ4n) is 4.53. The molecule has 2 aliphatic heterocycles. The van der Waals surface area contributed by atoms with E-state index >= 15 is 0 Å². The van der Waals surface area contributed by atoms with Crippen LogP contribution in [0.25, 0.3) is 0 Å². The summed E-state index contributed by atoms with van der Waals surface area (Å²) in [4.78, 5) is 15.1. The zero-order valence-electron chi connectivity index (χ0n) is 19.6. The minimum Gasteiger partial charge on any atom is -0.379 e. The number of piperidine rings is 1. The molecule has 4 rings (SSSR count). The summed E-state index contributed by atoms with van der Waals surface area (Å²) >= 11 is 6.00. The van der Waals surface area contributed by atoms with E-state index in [9.17, 15) is 17.6 Å². The Kier molecular flexibility index (Phi) is 8.77. The second kappa shape index (κ2) is 11.8. The Balaban J connectivity index is 1.26. The molecule has 1 amide bonds. The van der Waals surface area contributed by atoms with Gasteiger partial charge in [0.2, 0.25) is 15.9 Å². The summed E-state index contributed by atoms with van der Waals surface area (Å²) in [6, 6.07) is 12.3. The molecule has 0 radical (unpaired) electrons. The van der Waals surface area contributed by atoms with Gasteiger partial charge < -0.3 is 10.1 Å². The van der Waals surface area contributed by atoms with E-state index in [1.807, 2.05) is 12.1 Å². The smallest absolute Gasteiger partial charge is 0.223 e. The van der Waals surface area contributed by atoms with Gasteiger partial charge in [0.15, 0.2) is 0 Å². The van der Waals surface area contributed by atoms with Crippen LogP contribution in [-0.2, 0) is 38.4 Å². The van der Waals surface area contributed by atoms with Crippen LogP contribution in [0, 0.1) is 11.7 Å². The number of sulfonamides is 1. The van der Waals surface area contributed by atoms with Crippen LogP contribution < -0.4 is 5.32 Å². The minimum absolute atomic E-state index is 0.0233. The minimum atomic E-state index is -3.74. The van der Waals surface area contributed by atoms with E-state index in [0.717, 1.165) is 38.4 Å². The topological polar surface area (TPSA) is 79.0 Å². The van der Waals surface area contributed by atoms with Crippen LogP contribution >= 0.6 is 11.6 Å². The van der Waals surface area contributed by atoms with Gasteiger partial charge in [-0.2, -0.15) is 0 Å². The molecule has 0 bridgehead atoms. The van der Waals surface area contributed by atoms with Crippen molar-refractivity contribution in [1.29, 1.82) is 0 Å². The molecule has 0 unspecified atom stereocenters. The number of ether oxygens (including phenoxy) is 1. The molecule has 0 aromatic heterocycles. The van der Waals surface area contributed by atoms with Crippen LogP contribution in [0.4, 0.5) is 4.39 Å². The Morgan fingerprint density at radius 2 is 1.74 bits per heavy atom. The summed E-state index contributed by atoms with van der Waals surface area (Å²) in [5.41, 5.74) is 2.21. The summed E-state index contributed by atoms with van der Waals surface area (Å²) < 4.78 is 46.4. The predicted octanol–water partition coefficient (Wildman–Crippen LogP) is 3.17. The van der Waals surface area contributed by atoms with Gasteiger partial charge in [-0.3, -0.25) is 9.69 Å². The molecule has 2 aromatic carbocycles. The van der Waals surface area contributed by atoms with Gasteiger partial charge in [-0.1, -0.05) is 41.9 Å². The van der Waals surface area contributed by atoms with Gasteiger partial charge in [0.1, 0.15) is 5.82 Å². The number of rotatable bonds is 8. The first-order valence-electron chi connectivity index (χ1n) is 11.9. The number of carbonyl (C=O) groups is 1. The van der Waals surface area contributed by atoms with Crippen molar-refractivity contribution in [2.45, 2.75) is 31.7 Å². The van der Waals surface area contributed by atoms with Crippen LogP contribution in [0.15, 0.2) is 42.5 Å². The number of nitrogens with zero attached hydrogens (tertiary/aromatic N) is 2. The Morgan fingerprint density at radius 3 is 2.46 bits per heavy atom. The van der Waals surface area contributed by atoms with E-state index in [-0.39, 0.29) is 35.5 Å². The monoisotopic (exact) mass is 523 g/mol. The second-order valence-electron chi connectivity index (χ2n) is 9.06. The normalized spacial score (nSPS) is 18.5. The highest BCUT2D eigenvalue weighted by Crippen LogP contribution is 2.26. The SMILES string of the molecule is O=C(NCc1cccc(CN2CCOCC2)c1)C1CCN(S(=O)(=O)Cc2c(F)cccc2Cl)CC1. The lowest BCUT2D eigenvalue weighted by Gasteiger charge is -2.30. The summed E-state index contributed by atoms with van der Waals surface area (Å²) in [5.74, 6) is -1.45. The summed E-state index contributed by atoms with van der Waals surface area (Å²) in [6.07, 6.45) is 0.847. The highest BCUT2D eigenvalue weighted by Gasteiger charge is 2.32. The molecule has 1 N–H and O–H groups in total. The van der Waals surface area contributed by atoms with Gasteiger partial charge in [-0.25, -0.2) is 17.1 Å². The van der Waals surface area contributed by atoms with E-state index in [4.69, 9.17) is 16.3 Å². The predicted molar refractivity (Wildman–Crippen MR) is 133 cm³/mol. The molecule has 2 aliphatic rings. The van der Waals surface area contributed by atoms with Gasteiger partial charge in [0.05, 0.1) is 19.0 Å². The quantitative estimate of drug-likeness (QED) is 0.575. The van der Waals surface area contributed by atoms with Crippen LogP contribution in [0.5, 0.6) is 0 Å². The lowest BCUT2D eigenvalue weighted by atomic mass is 9.97. The number of carbonyl (C=O) groups excluding carboxylic acids is 1. The van der Waals surface area contributed by atoms with Gasteiger partial charge in [0, 0.05) is 55.8 Å². The molecule has 10 heteroatoms. The maximum Gasteiger partial charge on any atom is 0.223 e. The van der Waals surface area contributed by atoms with E-state index in [2.05, 4.69) is 22.3 Å². The maximum atomic E-state index is 14.1. The van der Waals surface area contributed by atoms with Crippen molar-refractivity contribution in [2.75, 3.05) is 39.4 Å². The van der Waals surface area contributed by atoms with Crippen LogP contribution in [-0.4, -0.2) is 62.9 Å². The molecule has 0 saturated carbocycles. The second-order valence-corrected chi connectivity index (χ2v) is 11.4. The summed E-state index contributed by atoms with van der Waals surface area (Å²) in [6.45, 7) is 5.09. The van der Waals surface area contributed by atoms with Gasteiger partial charge in [-0.05, 0) is 36.1 Å². The number of hydrogen-bond acceptors (Lipinski definition) is 5. The molecule has 190 valence electrons. The van der Waals surface area contributed by atoms with E-state index in [1.165, 1.54) is 28.1 Å². The van der Waals surface area contributed by atoms with Crippen molar-refractivity contribution in [3.8, 4) is 0 Å². The lowest BCUT2D eigenvalue weighted by Crippen LogP contribution is -2.43. The van der Waals surface area contributed by atoms with Crippen molar-refractivity contribution in [1.82, 2.24) is 14.5 Å². The highest BCUT2D eigenvalue weighted by molar-refractivity contribution is 7.88. The Bertz CT molecular complexity index is 1110. The number of benzene rings is 2. The molecule has 0 aliphatic carbocycles.